The van der Waals surface area contributed by atoms with Crippen molar-refractivity contribution in [3.8, 4) is 0 Å². The third-order valence-electron chi connectivity index (χ3n) is 3.67. The number of aromatic amines is 1. The van der Waals surface area contributed by atoms with Crippen LogP contribution in [0, 0.1) is 10.7 Å². The number of nitrogens with one attached hydrogen (secondary N) is 1. The van der Waals surface area contributed by atoms with Crippen LogP contribution in [0.4, 0.5) is 0 Å². The van der Waals surface area contributed by atoms with E-state index in [2.05, 4.69) is 40.5 Å². The van der Waals surface area contributed by atoms with E-state index in [9.17, 15) is 0 Å². The van der Waals surface area contributed by atoms with Crippen LogP contribution in [0.25, 0.3) is 21.9 Å². The first-order valence-corrected chi connectivity index (χ1v) is 7.54. The first-order chi connectivity index (χ1) is 9.66. The normalized spacial score (nSPS) is 11.8. The van der Waals surface area contributed by atoms with E-state index in [1.807, 2.05) is 18.3 Å². The molecule has 0 aliphatic carbocycles. The van der Waals surface area contributed by atoms with E-state index in [1.165, 1.54) is 17.3 Å². The van der Waals surface area contributed by atoms with Gasteiger partial charge in [-0.2, -0.15) is 0 Å². The summed E-state index contributed by atoms with van der Waals surface area (Å²) < 4.78 is 3.01. The zero-order valence-electron chi connectivity index (χ0n) is 11.9. The second-order valence-electron chi connectivity index (χ2n) is 5.66. The average molecular weight is 285 g/mol. The van der Waals surface area contributed by atoms with Crippen LogP contribution < -0.4 is 0 Å². The lowest BCUT2D eigenvalue weighted by atomic mass is 10.1. The molecule has 1 aromatic carbocycles. The van der Waals surface area contributed by atoms with Gasteiger partial charge in [-0.1, -0.05) is 32.0 Å². The van der Waals surface area contributed by atoms with Crippen molar-refractivity contribution < 1.29 is 0 Å². The van der Waals surface area contributed by atoms with Crippen LogP contribution in [0.15, 0.2) is 30.5 Å². The van der Waals surface area contributed by atoms with E-state index in [0.717, 1.165) is 34.7 Å². The number of rotatable bonds is 4. The quantitative estimate of drug-likeness (QED) is 0.706. The highest BCUT2D eigenvalue weighted by Crippen LogP contribution is 2.24. The van der Waals surface area contributed by atoms with E-state index >= 15 is 0 Å². The van der Waals surface area contributed by atoms with Crippen molar-refractivity contribution in [1.29, 1.82) is 0 Å². The standard InChI is InChI=1S/C16H19N3S/c1-11(2)6-5-9-19-15-12-7-3-4-8-13(12)17-10-14(15)18-16(19)20/h3-4,7-8,10-11H,5-6,9H2,1-2H3,(H,18,20). The molecule has 0 spiro atoms. The van der Waals surface area contributed by atoms with E-state index in [-0.39, 0.29) is 0 Å². The summed E-state index contributed by atoms with van der Waals surface area (Å²) in [5, 5.41) is 1.17. The molecule has 0 saturated carbocycles. The molecule has 0 saturated heterocycles. The van der Waals surface area contributed by atoms with Gasteiger partial charge in [0, 0.05) is 11.9 Å². The summed E-state index contributed by atoms with van der Waals surface area (Å²) in [7, 11) is 0. The van der Waals surface area contributed by atoms with Crippen LogP contribution >= 0.6 is 12.2 Å². The Morgan fingerprint density at radius 2 is 2.10 bits per heavy atom. The number of hydrogen-bond acceptors (Lipinski definition) is 2. The Balaban J connectivity index is 2.12. The number of aryl methyl sites for hydroxylation is 1. The molecular formula is C16H19N3S. The molecule has 3 nitrogen and oxygen atoms in total. The molecule has 2 heterocycles. The Bertz CT molecular complexity index is 798. The first kappa shape index (κ1) is 13.3. The minimum absolute atomic E-state index is 0.729. The lowest BCUT2D eigenvalue weighted by Gasteiger charge is -2.08. The van der Waals surface area contributed by atoms with Crippen molar-refractivity contribution in [2.45, 2.75) is 33.2 Å². The minimum atomic E-state index is 0.729. The van der Waals surface area contributed by atoms with Crippen molar-refractivity contribution in [2.24, 2.45) is 5.92 Å². The molecule has 104 valence electrons. The summed E-state index contributed by atoms with van der Waals surface area (Å²) in [6.45, 7) is 5.48. The molecule has 3 aromatic rings. The minimum Gasteiger partial charge on any atom is -0.329 e. The molecule has 0 unspecified atom stereocenters. The van der Waals surface area contributed by atoms with Crippen LogP contribution in [-0.2, 0) is 6.54 Å². The van der Waals surface area contributed by atoms with E-state index in [4.69, 9.17) is 12.2 Å². The number of imidazole rings is 1. The Kier molecular flexibility index (Phi) is 3.57. The van der Waals surface area contributed by atoms with Crippen LogP contribution in [0.5, 0.6) is 0 Å². The molecule has 0 atom stereocenters. The van der Waals surface area contributed by atoms with Gasteiger partial charge in [0.25, 0.3) is 0 Å². The smallest absolute Gasteiger partial charge is 0.178 e. The Morgan fingerprint density at radius 3 is 2.90 bits per heavy atom. The van der Waals surface area contributed by atoms with Crippen molar-refractivity contribution in [1.82, 2.24) is 14.5 Å². The van der Waals surface area contributed by atoms with Crippen LogP contribution in [0.3, 0.4) is 0 Å². The molecule has 0 radical (unpaired) electrons. The Morgan fingerprint density at radius 1 is 1.30 bits per heavy atom. The molecular weight excluding hydrogens is 266 g/mol. The number of nitrogens with zero attached hydrogens (tertiary/aromatic N) is 2. The van der Waals surface area contributed by atoms with Gasteiger partial charge in [-0.3, -0.25) is 4.98 Å². The Labute approximate surface area is 123 Å². The van der Waals surface area contributed by atoms with E-state index in [1.54, 1.807) is 0 Å². The molecule has 0 amide bonds. The number of hydrogen-bond donors (Lipinski definition) is 1. The van der Waals surface area contributed by atoms with Gasteiger partial charge in [0.15, 0.2) is 4.77 Å². The molecule has 3 rings (SSSR count). The topological polar surface area (TPSA) is 33.6 Å². The maximum absolute atomic E-state index is 5.47. The SMILES string of the molecule is CC(C)CCCn1c(=S)[nH]c2cnc3ccccc3c21. The molecule has 0 bridgehead atoms. The fourth-order valence-electron chi connectivity index (χ4n) is 2.66. The maximum Gasteiger partial charge on any atom is 0.178 e. The number of pyridine rings is 1. The summed E-state index contributed by atoms with van der Waals surface area (Å²) in [5.74, 6) is 0.729. The van der Waals surface area contributed by atoms with Crippen LogP contribution in [0.2, 0.25) is 0 Å². The number of fused-ring (bicyclic) bond motifs is 3. The van der Waals surface area contributed by atoms with Crippen molar-refractivity contribution in [3.05, 3.63) is 35.2 Å². The van der Waals surface area contributed by atoms with Crippen LogP contribution in [-0.4, -0.2) is 14.5 Å². The number of para-hydroxylation sites is 1. The van der Waals surface area contributed by atoms with E-state index in [0.29, 0.717) is 0 Å². The van der Waals surface area contributed by atoms with Gasteiger partial charge >= 0.3 is 0 Å². The maximum atomic E-state index is 5.47. The molecule has 20 heavy (non-hydrogen) atoms. The zero-order chi connectivity index (χ0) is 14.1. The van der Waals surface area contributed by atoms with Crippen molar-refractivity contribution in [3.63, 3.8) is 0 Å². The van der Waals surface area contributed by atoms with Gasteiger partial charge < -0.3 is 9.55 Å². The lowest BCUT2D eigenvalue weighted by molar-refractivity contribution is 0.515. The summed E-state index contributed by atoms with van der Waals surface area (Å²) in [4.78, 5) is 7.75. The second kappa shape index (κ2) is 5.37. The average Bonchev–Trinajstić information content (AvgIpc) is 2.75. The molecule has 1 N–H and O–H groups in total. The highest BCUT2D eigenvalue weighted by Gasteiger charge is 2.09. The van der Waals surface area contributed by atoms with E-state index < -0.39 is 0 Å². The largest absolute Gasteiger partial charge is 0.329 e. The lowest BCUT2D eigenvalue weighted by Crippen LogP contribution is -2.00. The van der Waals surface area contributed by atoms with Gasteiger partial charge in [0.05, 0.1) is 22.7 Å². The van der Waals surface area contributed by atoms with Gasteiger partial charge in [0.1, 0.15) is 0 Å². The van der Waals surface area contributed by atoms with Gasteiger partial charge in [0.2, 0.25) is 0 Å². The molecule has 0 aliphatic rings. The number of aromatic nitrogens is 3. The fourth-order valence-corrected chi connectivity index (χ4v) is 2.96. The van der Waals surface area contributed by atoms with Gasteiger partial charge in [-0.25, -0.2) is 0 Å². The molecule has 0 aliphatic heterocycles. The van der Waals surface area contributed by atoms with Gasteiger partial charge in [-0.05, 0) is 37.0 Å². The first-order valence-electron chi connectivity index (χ1n) is 7.13. The highest BCUT2D eigenvalue weighted by atomic mass is 32.1. The second-order valence-corrected chi connectivity index (χ2v) is 6.04. The predicted molar refractivity (Wildman–Crippen MR) is 86.5 cm³/mol. The number of benzene rings is 1. The Hall–Kier alpha value is -1.68. The summed E-state index contributed by atoms with van der Waals surface area (Å²) in [6, 6.07) is 8.24. The predicted octanol–water partition coefficient (Wildman–Crippen LogP) is 4.68. The monoisotopic (exact) mass is 285 g/mol. The van der Waals surface area contributed by atoms with Crippen molar-refractivity contribution in [2.75, 3.05) is 0 Å². The zero-order valence-corrected chi connectivity index (χ0v) is 12.7. The molecule has 4 heteroatoms. The summed E-state index contributed by atoms with van der Waals surface area (Å²) >= 11 is 5.47. The fraction of sp³-hybridized carbons (Fsp3) is 0.375. The van der Waals surface area contributed by atoms with Crippen molar-refractivity contribution >= 4 is 34.2 Å². The molecule has 2 aromatic heterocycles. The molecule has 0 fully saturated rings. The number of H-pyrrole nitrogens is 1. The third kappa shape index (κ3) is 2.36. The highest BCUT2D eigenvalue weighted by molar-refractivity contribution is 7.71. The summed E-state index contributed by atoms with van der Waals surface area (Å²) in [6.07, 6.45) is 4.25. The summed E-state index contributed by atoms with van der Waals surface area (Å²) in [5.41, 5.74) is 3.23. The van der Waals surface area contributed by atoms with Crippen LogP contribution in [0.1, 0.15) is 26.7 Å². The van der Waals surface area contributed by atoms with Gasteiger partial charge in [-0.15, -0.1) is 0 Å². The third-order valence-corrected chi connectivity index (χ3v) is 3.99.